The molecule has 0 saturated carbocycles. The second-order valence-corrected chi connectivity index (χ2v) is 10.4. The molecule has 3 amide bonds. The summed E-state index contributed by atoms with van der Waals surface area (Å²) in [6.45, 7) is 13.2. The molecular weight excluding hydrogens is 468 g/mol. The minimum absolute atomic E-state index is 0.0877. The van der Waals surface area contributed by atoms with E-state index in [1.54, 1.807) is 15.6 Å². The van der Waals surface area contributed by atoms with Crippen LogP contribution >= 0.6 is 0 Å². The van der Waals surface area contributed by atoms with Crippen LogP contribution in [-0.4, -0.2) is 99.5 Å². The number of carbonyl (C=O) groups excluding carboxylic acids is 3. The third-order valence-corrected chi connectivity index (χ3v) is 7.16. The fourth-order valence-corrected chi connectivity index (χ4v) is 5.07. The second-order valence-electron chi connectivity index (χ2n) is 10.4. The van der Waals surface area contributed by atoms with Crippen LogP contribution in [0.2, 0.25) is 0 Å². The van der Waals surface area contributed by atoms with E-state index in [9.17, 15) is 14.4 Å². The molecule has 37 heavy (non-hydrogen) atoms. The van der Waals surface area contributed by atoms with Gasteiger partial charge in [-0.05, 0) is 24.4 Å². The number of likely N-dealkylation sites (N-methyl/N-ethyl adjacent to an activating group) is 1. The number of benzene rings is 1. The topological polar surface area (TPSA) is 82.0 Å². The Bertz CT molecular complexity index is 1070. The monoisotopic (exact) mass is 508 g/mol. The first-order chi connectivity index (χ1) is 17.9. The average molecular weight is 509 g/mol. The predicted octanol–water partition coefficient (Wildman–Crippen LogP) is 2.58. The van der Waals surface area contributed by atoms with Crippen molar-refractivity contribution in [1.29, 1.82) is 0 Å². The van der Waals surface area contributed by atoms with Gasteiger partial charge in [0.25, 0.3) is 11.8 Å². The summed E-state index contributed by atoms with van der Waals surface area (Å²) in [6, 6.07) is 11.6. The van der Waals surface area contributed by atoms with Gasteiger partial charge in [0.1, 0.15) is 5.69 Å². The molecular formula is C28H40N6O3. The van der Waals surface area contributed by atoms with Crippen molar-refractivity contribution >= 4 is 17.7 Å². The molecule has 0 aliphatic carbocycles. The van der Waals surface area contributed by atoms with Crippen LogP contribution in [0.4, 0.5) is 0 Å². The lowest BCUT2D eigenvalue weighted by atomic mass is 10.1. The van der Waals surface area contributed by atoms with E-state index in [4.69, 9.17) is 0 Å². The third-order valence-electron chi connectivity index (χ3n) is 7.16. The number of amides is 3. The first-order valence-electron chi connectivity index (χ1n) is 13.6. The molecule has 0 bridgehead atoms. The number of aryl methyl sites for hydroxylation is 1. The Morgan fingerprint density at radius 3 is 2.43 bits per heavy atom. The number of fused-ring (bicyclic) bond motifs is 1. The molecule has 4 rings (SSSR count). The first-order valence-corrected chi connectivity index (χ1v) is 13.6. The van der Waals surface area contributed by atoms with Crippen LogP contribution in [-0.2, 0) is 17.9 Å². The highest BCUT2D eigenvalue weighted by molar-refractivity contribution is 5.98. The molecule has 3 heterocycles. The zero-order valence-corrected chi connectivity index (χ0v) is 22.4. The van der Waals surface area contributed by atoms with Crippen LogP contribution in [0.15, 0.2) is 36.4 Å². The van der Waals surface area contributed by atoms with E-state index in [0.717, 1.165) is 44.7 Å². The lowest BCUT2D eigenvalue weighted by Gasteiger charge is -2.34. The van der Waals surface area contributed by atoms with Crippen molar-refractivity contribution in [2.75, 3.05) is 52.4 Å². The molecule has 1 aromatic heterocycles. The predicted molar refractivity (Wildman–Crippen MR) is 142 cm³/mol. The van der Waals surface area contributed by atoms with Crippen LogP contribution in [0.5, 0.6) is 0 Å². The highest BCUT2D eigenvalue weighted by Gasteiger charge is 2.29. The summed E-state index contributed by atoms with van der Waals surface area (Å²) in [5, 5.41) is 4.54. The number of rotatable bonds is 9. The van der Waals surface area contributed by atoms with Crippen LogP contribution in [0.1, 0.15) is 60.2 Å². The summed E-state index contributed by atoms with van der Waals surface area (Å²) < 4.78 is 1.67. The van der Waals surface area contributed by atoms with Crippen molar-refractivity contribution in [1.82, 2.24) is 29.4 Å². The number of carbonyl (C=O) groups is 3. The van der Waals surface area contributed by atoms with Gasteiger partial charge in [-0.2, -0.15) is 5.10 Å². The molecule has 0 spiro atoms. The van der Waals surface area contributed by atoms with Gasteiger partial charge in [0.05, 0.1) is 0 Å². The Hall–Kier alpha value is -3.20. The summed E-state index contributed by atoms with van der Waals surface area (Å²) in [4.78, 5) is 47.5. The molecule has 2 aliphatic heterocycles. The van der Waals surface area contributed by atoms with Crippen molar-refractivity contribution in [3.63, 3.8) is 0 Å². The summed E-state index contributed by atoms with van der Waals surface area (Å²) in [7, 11) is 0. The Morgan fingerprint density at radius 2 is 1.76 bits per heavy atom. The van der Waals surface area contributed by atoms with Gasteiger partial charge < -0.3 is 19.6 Å². The zero-order chi connectivity index (χ0) is 26.4. The first kappa shape index (κ1) is 26.9. The molecule has 200 valence electrons. The molecule has 2 aromatic rings. The average Bonchev–Trinajstić information content (AvgIpc) is 3.28. The number of nitrogens with zero attached hydrogens (tertiary/aromatic N) is 6. The zero-order valence-electron chi connectivity index (χ0n) is 22.4. The van der Waals surface area contributed by atoms with Crippen LogP contribution in [0.3, 0.4) is 0 Å². The van der Waals surface area contributed by atoms with Crippen molar-refractivity contribution < 1.29 is 14.4 Å². The number of hydrogen-bond donors (Lipinski definition) is 0. The molecule has 0 N–H and O–H groups in total. The molecule has 2 aliphatic rings. The normalized spacial score (nSPS) is 16.6. The quantitative estimate of drug-likeness (QED) is 0.520. The maximum Gasteiger partial charge on any atom is 0.274 e. The Kier molecular flexibility index (Phi) is 8.97. The summed E-state index contributed by atoms with van der Waals surface area (Å²) >= 11 is 0. The SMILES string of the molecule is CCN1CCN(C(=O)CCN(CC(C)C)C(=O)c2cc3n(n2)CCCN(Cc2ccccc2)C3=O)CC1. The van der Waals surface area contributed by atoms with Crippen molar-refractivity contribution in [2.24, 2.45) is 5.92 Å². The minimum Gasteiger partial charge on any atom is -0.340 e. The summed E-state index contributed by atoms with van der Waals surface area (Å²) in [6.07, 6.45) is 1.07. The highest BCUT2D eigenvalue weighted by Crippen LogP contribution is 2.18. The van der Waals surface area contributed by atoms with Gasteiger partial charge in [-0.25, -0.2) is 0 Å². The highest BCUT2D eigenvalue weighted by atomic mass is 16.2. The van der Waals surface area contributed by atoms with E-state index in [1.807, 2.05) is 40.1 Å². The van der Waals surface area contributed by atoms with Crippen molar-refractivity contribution in [3.05, 3.63) is 53.3 Å². The molecule has 1 aromatic carbocycles. The molecule has 0 unspecified atom stereocenters. The molecule has 0 radical (unpaired) electrons. The molecule has 9 heteroatoms. The van der Waals surface area contributed by atoms with Gasteiger partial charge in [0, 0.05) is 71.4 Å². The Labute approximate surface area is 220 Å². The van der Waals surface area contributed by atoms with E-state index < -0.39 is 0 Å². The van der Waals surface area contributed by atoms with E-state index in [1.165, 1.54) is 0 Å². The summed E-state index contributed by atoms with van der Waals surface area (Å²) in [5.74, 6) is 0.00486. The molecule has 0 atom stereocenters. The standard InChI is InChI=1S/C28H40N6O3/c1-4-30-15-17-31(18-16-30)26(35)11-14-33(20-22(2)3)27(36)24-19-25-28(37)32(12-8-13-34(25)29-24)21-23-9-6-5-7-10-23/h5-7,9-10,19,22H,4,8,11-18,20-21H2,1-3H3. The van der Waals surface area contributed by atoms with Crippen LogP contribution in [0, 0.1) is 5.92 Å². The molecule has 9 nitrogen and oxygen atoms in total. The molecule has 1 fully saturated rings. The summed E-state index contributed by atoms with van der Waals surface area (Å²) in [5.41, 5.74) is 1.80. The van der Waals surface area contributed by atoms with Crippen molar-refractivity contribution in [3.8, 4) is 0 Å². The number of hydrogen-bond acceptors (Lipinski definition) is 5. The van der Waals surface area contributed by atoms with Gasteiger partial charge >= 0.3 is 0 Å². The molecule has 1 saturated heterocycles. The fourth-order valence-electron chi connectivity index (χ4n) is 5.07. The Balaban J connectivity index is 1.43. The van der Waals surface area contributed by atoms with Crippen LogP contribution in [0.25, 0.3) is 0 Å². The Morgan fingerprint density at radius 1 is 1.03 bits per heavy atom. The van der Waals surface area contributed by atoms with Gasteiger partial charge in [-0.15, -0.1) is 0 Å². The minimum atomic E-state index is -0.222. The van der Waals surface area contributed by atoms with E-state index in [-0.39, 0.29) is 29.3 Å². The largest absolute Gasteiger partial charge is 0.340 e. The van der Waals surface area contributed by atoms with Gasteiger partial charge in [0.2, 0.25) is 5.91 Å². The smallest absolute Gasteiger partial charge is 0.274 e. The number of piperazine rings is 1. The number of aromatic nitrogens is 2. The second kappa shape index (κ2) is 12.4. The lowest BCUT2D eigenvalue weighted by molar-refractivity contribution is -0.133. The van der Waals surface area contributed by atoms with Gasteiger partial charge in [0.15, 0.2) is 5.69 Å². The van der Waals surface area contributed by atoms with Crippen molar-refractivity contribution in [2.45, 2.75) is 46.7 Å². The van der Waals surface area contributed by atoms with Gasteiger partial charge in [-0.1, -0.05) is 51.1 Å². The maximum atomic E-state index is 13.5. The third kappa shape index (κ3) is 6.77. The van der Waals surface area contributed by atoms with Crippen LogP contribution < -0.4 is 0 Å². The van der Waals surface area contributed by atoms with E-state index in [2.05, 4.69) is 30.8 Å². The lowest BCUT2D eigenvalue weighted by Crippen LogP contribution is -2.49. The van der Waals surface area contributed by atoms with Gasteiger partial charge in [-0.3, -0.25) is 19.1 Å². The maximum absolute atomic E-state index is 13.5. The fraction of sp³-hybridized carbons (Fsp3) is 0.571. The van der Waals surface area contributed by atoms with E-state index in [0.29, 0.717) is 44.8 Å². The van der Waals surface area contributed by atoms with E-state index >= 15 is 0 Å².